The van der Waals surface area contributed by atoms with Crippen LogP contribution in [-0.2, 0) is 0 Å². The quantitative estimate of drug-likeness (QED) is 0.668. The van der Waals surface area contributed by atoms with Gasteiger partial charge in [0.25, 0.3) is 5.91 Å². The van der Waals surface area contributed by atoms with Crippen molar-refractivity contribution in [2.75, 3.05) is 23.9 Å². The molecular formula is C23H22N2O4. The third kappa shape index (κ3) is 3.45. The van der Waals surface area contributed by atoms with E-state index in [4.69, 9.17) is 9.47 Å². The van der Waals surface area contributed by atoms with E-state index in [2.05, 4.69) is 5.32 Å². The van der Waals surface area contributed by atoms with E-state index in [1.807, 2.05) is 49.4 Å². The number of ether oxygens (including phenoxy) is 2. The minimum Gasteiger partial charge on any atom is -0.508 e. The van der Waals surface area contributed by atoms with Crippen LogP contribution in [0.25, 0.3) is 0 Å². The third-order valence-electron chi connectivity index (χ3n) is 4.88. The molecule has 6 nitrogen and oxygen atoms in total. The van der Waals surface area contributed by atoms with Gasteiger partial charge < -0.3 is 19.9 Å². The number of benzene rings is 3. The van der Waals surface area contributed by atoms with Gasteiger partial charge in [0.2, 0.25) is 0 Å². The smallest absolute Gasteiger partial charge is 0.262 e. The molecule has 0 saturated carbocycles. The van der Waals surface area contributed by atoms with Crippen LogP contribution in [0.1, 0.15) is 29.0 Å². The number of carbonyl (C=O) groups is 1. The Morgan fingerprint density at radius 3 is 2.48 bits per heavy atom. The zero-order valence-corrected chi connectivity index (χ0v) is 16.3. The van der Waals surface area contributed by atoms with Gasteiger partial charge in [0.15, 0.2) is 0 Å². The largest absolute Gasteiger partial charge is 0.508 e. The lowest BCUT2D eigenvalue weighted by Crippen LogP contribution is -2.43. The first kappa shape index (κ1) is 18.7. The highest BCUT2D eigenvalue weighted by atomic mass is 16.5. The van der Waals surface area contributed by atoms with Crippen LogP contribution in [0.2, 0.25) is 0 Å². The van der Waals surface area contributed by atoms with Crippen molar-refractivity contribution in [1.82, 2.24) is 0 Å². The number of methoxy groups -OCH3 is 1. The van der Waals surface area contributed by atoms with Crippen LogP contribution in [0.3, 0.4) is 0 Å². The van der Waals surface area contributed by atoms with Gasteiger partial charge in [-0.2, -0.15) is 0 Å². The molecule has 0 aromatic heterocycles. The first-order valence-electron chi connectivity index (χ1n) is 9.41. The summed E-state index contributed by atoms with van der Waals surface area (Å²) in [5.41, 5.74) is 2.51. The predicted octanol–water partition coefficient (Wildman–Crippen LogP) is 4.57. The number of rotatable bonds is 5. The summed E-state index contributed by atoms with van der Waals surface area (Å²) in [4.78, 5) is 15.1. The monoisotopic (exact) mass is 390 g/mol. The number of hydrogen-bond acceptors (Lipinski definition) is 5. The Kier molecular flexibility index (Phi) is 4.99. The van der Waals surface area contributed by atoms with E-state index in [-0.39, 0.29) is 11.7 Å². The van der Waals surface area contributed by atoms with E-state index < -0.39 is 6.17 Å². The molecule has 3 aromatic carbocycles. The van der Waals surface area contributed by atoms with Gasteiger partial charge in [-0.05, 0) is 61.5 Å². The highest BCUT2D eigenvalue weighted by molar-refractivity contribution is 6.12. The van der Waals surface area contributed by atoms with Crippen molar-refractivity contribution in [3.8, 4) is 17.2 Å². The minimum absolute atomic E-state index is 0.0754. The maximum absolute atomic E-state index is 13.4. The molecule has 3 aromatic rings. The fourth-order valence-electron chi connectivity index (χ4n) is 3.49. The molecular weight excluding hydrogens is 368 g/mol. The molecule has 1 aliphatic rings. The molecule has 29 heavy (non-hydrogen) atoms. The Hall–Kier alpha value is -3.67. The fourth-order valence-corrected chi connectivity index (χ4v) is 3.49. The second-order valence-electron chi connectivity index (χ2n) is 6.62. The molecule has 0 bridgehead atoms. The van der Waals surface area contributed by atoms with E-state index in [0.717, 1.165) is 5.75 Å². The number of phenols is 1. The lowest BCUT2D eigenvalue weighted by molar-refractivity contribution is 0.0974. The summed E-state index contributed by atoms with van der Waals surface area (Å²) in [5, 5.41) is 13.9. The summed E-state index contributed by atoms with van der Waals surface area (Å²) < 4.78 is 10.8. The number of anilines is 2. The SMILES string of the molecule is CCOc1ccc(N2C(=O)c3ccccc3N[C@H]2c2cc(OC)ccc2O)cc1. The number of para-hydroxylation sites is 1. The Morgan fingerprint density at radius 2 is 1.76 bits per heavy atom. The third-order valence-corrected chi connectivity index (χ3v) is 4.88. The summed E-state index contributed by atoms with van der Waals surface area (Å²) >= 11 is 0. The zero-order valence-electron chi connectivity index (χ0n) is 16.3. The van der Waals surface area contributed by atoms with Gasteiger partial charge in [-0.1, -0.05) is 12.1 Å². The van der Waals surface area contributed by atoms with Crippen molar-refractivity contribution < 1.29 is 19.4 Å². The Labute approximate surface area is 169 Å². The molecule has 0 fully saturated rings. The van der Waals surface area contributed by atoms with Crippen LogP contribution >= 0.6 is 0 Å². The number of nitrogens with zero attached hydrogens (tertiary/aromatic N) is 1. The fraction of sp³-hybridized carbons (Fsp3) is 0.174. The maximum atomic E-state index is 13.4. The van der Waals surface area contributed by atoms with E-state index in [1.54, 1.807) is 36.3 Å². The predicted molar refractivity (Wildman–Crippen MR) is 112 cm³/mol. The normalized spacial score (nSPS) is 15.4. The summed E-state index contributed by atoms with van der Waals surface area (Å²) in [6, 6.07) is 19.6. The molecule has 1 atom stereocenters. The van der Waals surface area contributed by atoms with Crippen LogP contribution in [-0.4, -0.2) is 24.7 Å². The number of hydrogen-bond donors (Lipinski definition) is 2. The van der Waals surface area contributed by atoms with Crippen molar-refractivity contribution in [2.24, 2.45) is 0 Å². The van der Waals surface area contributed by atoms with E-state index in [1.165, 1.54) is 0 Å². The van der Waals surface area contributed by atoms with Gasteiger partial charge in [-0.3, -0.25) is 9.69 Å². The minimum atomic E-state index is -0.606. The number of amides is 1. The van der Waals surface area contributed by atoms with Gasteiger partial charge in [0, 0.05) is 16.9 Å². The van der Waals surface area contributed by atoms with Crippen molar-refractivity contribution in [2.45, 2.75) is 13.1 Å². The summed E-state index contributed by atoms with van der Waals surface area (Å²) in [6.07, 6.45) is -0.606. The van der Waals surface area contributed by atoms with Crippen LogP contribution in [0.15, 0.2) is 66.7 Å². The van der Waals surface area contributed by atoms with E-state index >= 15 is 0 Å². The molecule has 2 N–H and O–H groups in total. The average molecular weight is 390 g/mol. The van der Waals surface area contributed by atoms with Crippen LogP contribution in [0, 0.1) is 0 Å². The van der Waals surface area contributed by atoms with Crippen molar-refractivity contribution >= 4 is 17.3 Å². The molecule has 0 radical (unpaired) electrons. The number of nitrogens with one attached hydrogen (secondary N) is 1. The number of phenolic OH excluding ortho intramolecular Hbond substituents is 1. The van der Waals surface area contributed by atoms with Gasteiger partial charge in [-0.15, -0.1) is 0 Å². The summed E-state index contributed by atoms with van der Waals surface area (Å²) in [6.45, 7) is 2.49. The number of fused-ring (bicyclic) bond motifs is 1. The topological polar surface area (TPSA) is 71.0 Å². The summed E-state index contributed by atoms with van der Waals surface area (Å²) in [5.74, 6) is 1.24. The molecule has 1 amide bonds. The van der Waals surface area contributed by atoms with E-state index in [9.17, 15) is 9.90 Å². The molecule has 4 rings (SSSR count). The Bertz CT molecular complexity index is 1030. The highest BCUT2D eigenvalue weighted by Gasteiger charge is 2.35. The average Bonchev–Trinajstić information content (AvgIpc) is 2.75. The molecule has 1 heterocycles. The second kappa shape index (κ2) is 7.75. The van der Waals surface area contributed by atoms with Crippen molar-refractivity contribution in [1.29, 1.82) is 0 Å². The lowest BCUT2D eigenvalue weighted by Gasteiger charge is -2.38. The van der Waals surface area contributed by atoms with E-state index in [0.29, 0.717) is 34.9 Å². The van der Waals surface area contributed by atoms with Crippen LogP contribution < -0.4 is 19.7 Å². The van der Waals surface area contributed by atoms with Crippen molar-refractivity contribution in [3.05, 3.63) is 77.9 Å². The zero-order chi connectivity index (χ0) is 20.4. The Morgan fingerprint density at radius 1 is 1.03 bits per heavy atom. The van der Waals surface area contributed by atoms with Gasteiger partial charge >= 0.3 is 0 Å². The van der Waals surface area contributed by atoms with Gasteiger partial charge in [0.1, 0.15) is 23.4 Å². The molecule has 0 aliphatic carbocycles. The molecule has 148 valence electrons. The highest BCUT2D eigenvalue weighted by Crippen LogP contribution is 2.40. The first-order chi connectivity index (χ1) is 14.1. The second-order valence-corrected chi connectivity index (χ2v) is 6.62. The maximum Gasteiger partial charge on any atom is 0.262 e. The molecule has 0 saturated heterocycles. The lowest BCUT2D eigenvalue weighted by atomic mass is 10.0. The molecule has 6 heteroatoms. The van der Waals surface area contributed by atoms with Crippen molar-refractivity contribution in [3.63, 3.8) is 0 Å². The summed E-state index contributed by atoms with van der Waals surface area (Å²) in [7, 11) is 1.56. The molecule has 0 spiro atoms. The van der Waals surface area contributed by atoms with Gasteiger partial charge in [-0.25, -0.2) is 0 Å². The Balaban J connectivity index is 1.83. The number of aromatic hydroxyl groups is 1. The van der Waals surface area contributed by atoms with Crippen LogP contribution in [0.5, 0.6) is 17.2 Å². The standard InChI is InChI=1S/C23H22N2O4/c1-3-29-16-10-8-15(9-11-16)25-22(19-14-17(28-2)12-13-21(19)26)24-20-7-5-4-6-18(20)23(25)27/h4-14,22,24,26H,3H2,1-2H3/t22-/m1/s1. The van der Waals surface area contributed by atoms with Gasteiger partial charge in [0.05, 0.1) is 19.3 Å². The molecule has 0 unspecified atom stereocenters. The van der Waals surface area contributed by atoms with Crippen LogP contribution in [0.4, 0.5) is 11.4 Å². The first-order valence-corrected chi connectivity index (χ1v) is 9.41. The molecule has 1 aliphatic heterocycles. The number of carbonyl (C=O) groups excluding carboxylic acids is 1.